The van der Waals surface area contributed by atoms with Crippen molar-refractivity contribution in [3.05, 3.63) is 54.1 Å². The topological polar surface area (TPSA) is 58.6 Å². The summed E-state index contributed by atoms with van der Waals surface area (Å²) >= 11 is 0. The Labute approximate surface area is 144 Å². The van der Waals surface area contributed by atoms with E-state index in [4.69, 9.17) is 4.74 Å². The van der Waals surface area contributed by atoms with Gasteiger partial charge in [-0.25, -0.2) is 0 Å². The van der Waals surface area contributed by atoms with Crippen molar-refractivity contribution in [3.8, 4) is 0 Å². The number of carbonyl (C=O) groups excluding carboxylic acids is 1. The summed E-state index contributed by atoms with van der Waals surface area (Å²) in [4.78, 5) is 15.4. The van der Waals surface area contributed by atoms with Gasteiger partial charge in [-0.2, -0.15) is 0 Å². The SMILES string of the molecule is C[S@](=O)c1ccc(C(=O)Nc2ccccc2N2CCOCC2)cc1. The number of nitrogens with one attached hydrogen (secondary N) is 1. The predicted octanol–water partition coefficient (Wildman–Crippen LogP) is 2.51. The van der Waals surface area contributed by atoms with E-state index < -0.39 is 10.8 Å². The largest absolute Gasteiger partial charge is 0.378 e. The zero-order chi connectivity index (χ0) is 16.9. The Morgan fingerprint density at radius 3 is 2.42 bits per heavy atom. The van der Waals surface area contributed by atoms with E-state index in [9.17, 15) is 9.00 Å². The van der Waals surface area contributed by atoms with E-state index in [1.165, 1.54) is 0 Å². The lowest BCUT2D eigenvalue weighted by Gasteiger charge is -2.30. The molecule has 0 unspecified atom stereocenters. The lowest BCUT2D eigenvalue weighted by atomic mass is 10.2. The maximum atomic E-state index is 12.5. The van der Waals surface area contributed by atoms with Gasteiger partial charge in [-0.15, -0.1) is 0 Å². The third-order valence-electron chi connectivity index (χ3n) is 3.95. The maximum Gasteiger partial charge on any atom is 0.255 e. The second-order valence-corrected chi connectivity index (χ2v) is 6.93. The Balaban J connectivity index is 1.77. The highest BCUT2D eigenvalue weighted by atomic mass is 32.2. The molecule has 1 amide bonds. The molecule has 0 spiro atoms. The van der Waals surface area contributed by atoms with Crippen LogP contribution in [0.2, 0.25) is 0 Å². The van der Waals surface area contributed by atoms with Gasteiger partial charge in [0.15, 0.2) is 0 Å². The highest BCUT2D eigenvalue weighted by molar-refractivity contribution is 7.84. The summed E-state index contributed by atoms with van der Waals surface area (Å²) in [6.45, 7) is 3.00. The minimum atomic E-state index is -1.05. The average Bonchev–Trinajstić information content (AvgIpc) is 2.63. The molecule has 2 aromatic rings. The molecule has 0 bridgehead atoms. The van der Waals surface area contributed by atoms with Gasteiger partial charge in [-0.05, 0) is 36.4 Å². The normalized spacial score (nSPS) is 15.8. The van der Waals surface area contributed by atoms with E-state index in [-0.39, 0.29) is 5.91 Å². The number of para-hydroxylation sites is 2. The first-order chi connectivity index (χ1) is 11.6. The molecular weight excluding hydrogens is 324 g/mol. The molecule has 6 heteroatoms. The smallest absolute Gasteiger partial charge is 0.255 e. The van der Waals surface area contributed by atoms with Crippen LogP contribution in [0.25, 0.3) is 0 Å². The van der Waals surface area contributed by atoms with E-state index in [2.05, 4.69) is 10.2 Å². The summed E-state index contributed by atoms with van der Waals surface area (Å²) < 4.78 is 16.8. The fourth-order valence-corrected chi connectivity index (χ4v) is 3.17. The van der Waals surface area contributed by atoms with Crippen molar-refractivity contribution < 1.29 is 13.7 Å². The number of carbonyl (C=O) groups is 1. The van der Waals surface area contributed by atoms with Crippen LogP contribution < -0.4 is 10.2 Å². The molecule has 1 fully saturated rings. The first-order valence-corrected chi connectivity index (χ1v) is 9.37. The van der Waals surface area contributed by atoms with Crippen molar-refractivity contribution in [2.24, 2.45) is 0 Å². The van der Waals surface area contributed by atoms with Crippen LogP contribution in [0.5, 0.6) is 0 Å². The van der Waals surface area contributed by atoms with Crippen molar-refractivity contribution in [1.82, 2.24) is 0 Å². The van der Waals surface area contributed by atoms with Gasteiger partial charge in [0, 0.05) is 40.6 Å². The van der Waals surface area contributed by atoms with E-state index in [0.717, 1.165) is 24.5 Å². The van der Waals surface area contributed by atoms with Crippen LogP contribution in [0.1, 0.15) is 10.4 Å². The molecule has 0 saturated carbocycles. The van der Waals surface area contributed by atoms with Crippen LogP contribution >= 0.6 is 0 Å². The van der Waals surface area contributed by atoms with E-state index in [1.54, 1.807) is 30.5 Å². The summed E-state index contributed by atoms with van der Waals surface area (Å²) in [7, 11) is -1.05. The number of rotatable bonds is 4. The van der Waals surface area contributed by atoms with Gasteiger partial charge in [0.25, 0.3) is 5.91 Å². The van der Waals surface area contributed by atoms with Gasteiger partial charge < -0.3 is 15.0 Å². The molecule has 1 heterocycles. The quantitative estimate of drug-likeness (QED) is 0.926. The molecular formula is C18H20N2O3S. The molecule has 2 aromatic carbocycles. The number of anilines is 2. The zero-order valence-corrected chi connectivity index (χ0v) is 14.3. The molecule has 5 nitrogen and oxygen atoms in total. The summed E-state index contributed by atoms with van der Waals surface area (Å²) in [5.41, 5.74) is 2.33. The number of morpholine rings is 1. The minimum Gasteiger partial charge on any atom is -0.378 e. The van der Waals surface area contributed by atoms with Gasteiger partial charge in [0.1, 0.15) is 0 Å². The molecule has 1 aliphatic rings. The number of benzene rings is 2. The summed E-state index contributed by atoms with van der Waals surface area (Å²) in [5.74, 6) is -0.177. The second kappa shape index (κ2) is 7.59. The standard InChI is InChI=1S/C18H20N2O3S/c1-24(22)15-8-6-14(7-9-15)18(21)19-16-4-2-3-5-17(16)20-10-12-23-13-11-20/h2-9H,10-13H2,1H3,(H,19,21)/t24-/m0/s1. The second-order valence-electron chi connectivity index (χ2n) is 5.55. The van der Waals surface area contributed by atoms with Crippen LogP contribution in [-0.2, 0) is 15.5 Å². The summed E-state index contributed by atoms with van der Waals surface area (Å²) in [6.07, 6.45) is 1.62. The van der Waals surface area contributed by atoms with Crippen LogP contribution in [0.3, 0.4) is 0 Å². The molecule has 0 aliphatic carbocycles. The van der Waals surface area contributed by atoms with Gasteiger partial charge in [-0.3, -0.25) is 9.00 Å². The van der Waals surface area contributed by atoms with Gasteiger partial charge in [0.2, 0.25) is 0 Å². The van der Waals surface area contributed by atoms with Crippen molar-refractivity contribution in [2.75, 3.05) is 42.8 Å². The third-order valence-corrected chi connectivity index (χ3v) is 4.89. The molecule has 1 saturated heterocycles. The van der Waals surface area contributed by atoms with Crippen LogP contribution in [0.4, 0.5) is 11.4 Å². The third kappa shape index (κ3) is 3.83. The first-order valence-electron chi connectivity index (χ1n) is 7.82. The highest BCUT2D eigenvalue weighted by Crippen LogP contribution is 2.26. The molecule has 0 aromatic heterocycles. The molecule has 1 aliphatic heterocycles. The van der Waals surface area contributed by atoms with Gasteiger partial charge >= 0.3 is 0 Å². The molecule has 1 N–H and O–H groups in total. The Bertz CT molecular complexity index is 740. The van der Waals surface area contributed by atoms with Crippen LogP contribution in [0.15, 0.2) is 53.4 Å². The minimum absolute atomic E-state index is 0.177. The summed E-state index contributed by atoms with van der Waals surface area (Å²) in [6, 6.07) is 14.6. The molecule has 126 valence electrons. The Hall–Kier alpha value is -2.18. The van der Waals surface area contributed by atoms with E-state index in [1.807, 2.05) is 24.3 Å². The number of hydrogen-bond donors (Lipinski definition) is 1. The van der Waals surface area contributed by atoms with E-state index in [0.29, 0.717) is 23.7 Å². The van der Waals surface area contributed by atoms with Crippen LogP contribution in [0, 0.1) is 0 Å². The van der Waals surface area contributed by atoms with Crippen LogP contribution in [-0.4, -0.2) is 42.7 Å². The predicted molar refractivity (Wildman–Crippen MR) is 96.2 cm³/mol. The van der Waals surface area contributed by atoms with Crippen molar-refractivity contribution in [3.63, 3.8) is 0 Å². The highest BCUT2D eigenvalue weighted by Gasteiger charge is 2.16. The zero-order valence-electron chi connectivity index (χ0n) is 13.5. The number of hydrogen-bond acceptors (Lipinski definition) is 4. The fraction of sp³-hybridized carbons (Fsp3) is 0.278. The van der Waals surface area contributed by atoms with Gasteiger partial charge in [0.05, 0.1) is 24.6 Å². The monoisotopic (exact) mass is 344 g/mol. The molecule has 24 heavy (non-hydrogen) atoms. The van der Waals surface area contributed by atoms with Crippen molar-refractivity contribution >= 4 is 28.1 Å². The number of amides is 1. The number of ether oxygens (including phenoxy) is 1. The molecule has 0 radical (unpaired) electrons. The lowest BCUT2D eigenvalue weighted by Crippen LogP contribution is -2.36. The average molecular weight is 344 g/mol. The van der Waals surface area contributed by atoms with E-state index >= 15 is 0 Å². The Kier molecular flexibility index (Phi) is 5.27. The molecule has 3 rings (SSSR count). The first kappa shape index (κ1) is 16.7. The Morgan fingerprint density at radius 2 is 1.75 bits per heavy atom. The Morgan fingerprint density at radius 1 is 1.08 bits per heavy atom. The summed E-state index contributed by atoms with van der Waals surface area (Å²) in [5, 5.41) is 2.98. The van der Waals surface area contributed by atoms with Gasteiger partial charge in [-0.1, -0.05) is 12.1 Å². The van der Waals surface area contributed by atoms with Crippen molar-refractivity contribution in [1.29, 1.82) is 0 Å². The molecule has 1 atom stereocenters. The number of nitrogens with zero attached hydrogens (tertiary/aromatic N) is 1. The fourth-order valence-electron chi connectivity index (χ4n) is 2.65. The lowest BCUT2D eigenvalue weighted by molar-refractivity contribution is 0.102. The maximum absolute atomic E-state index is 12.5. The van der Waals surface area contributed by atoms with Crippen molar-refractivity contribution in [2.45, 2.75) is 4.90 Å².